The zero-order valence-electron chi connectivity index (χ0n) is 59.7. The van der Waals surface area contributed by atoms with Gasteiger partial charge < -0.3 is 9.97 Å². The fraction of sp³-hybridized carbons (Fsp3) is 0.636. The van der Waals surface area contributed by atoms with Crippen LogP contribution in [0.1, 0.15) is 378 Å². The van der Waals surface area contributed by atoms with Gasteiger partial charge in [0, 0.05) is 23.1 Å². The quantitative estimate of drug-likeness (QED) is 0.105. The molecule has 8 fully saturated rings. The molecular formula is C88H116N6Ni. The topological polar surface area (TPSA) is 81.1 Å². The van der Waals surface area contributed by atoms with Crippen molar-refractivity contribution in [2.45, 2.75) is 333 Å². The minimum atomic E-state index is 0. The van der Waals surface area contributed by atoms with Crippen molar-refractivity contribution in [3.05, 3.63) is 156 Å². The van der Waals surface area contributed by atoms with E-state index in [9.17, 15) is 5.26 Å². The average Bonchev–Trinajstić information content (AvgIpc) is 1.62. The number of nitrogens with zero attached hydrogens (tertiary/aromatic N) is 6. The third kappa shape index (κ3) is 15.6. The first-order valence-electron chi connectivity index (χ1n) is 39.3. The van der Waals surface area contributed by atoms with Gasteiger partial charge in [-0.15, -0.1) is 11.4 Å². The minimum Gasteiger partial charge on any atom is -0.671 e. The van der Waals surface area contributed by atoms with E-state index in [1.54, 1.807) is 0 Å². The van der Waals surface area contributed by atoms with E-state index in [1.165, 1.54) is 335 Å². The van der Waals surface area contributed by atoms with Crippen LogP contribution in [0, 0.1) is 41.6 Å². The van der Waals surface area contributed by atoms with Crippen LogP contribution >= 0.6 is 0 Å². The fourth-order valence-corrected chi connectivity index (χ4v) is 19.5. The van der Waals surface area contributed by atoms with Gasteiger partial charge in [-0.3, -0.25) is 9.98 Å². The Kier molecular flexibility index (Phi) is 23.3. The summed E-state index contributed by atoms with van der Waals surface area (Å²) in [6.07, 6.45) is 53.4. The van der Waals surface area contributed by atoms with E-state index in [4.69, 9.17) is 26.5 Å². The van der Waals surface area contributed by atoms with Crippen LogP contribution in [0.5, 0.6) is 0 Å². The Balaban J connectivity index is 0.000000180. The van der Waals surface area contributed by atoms with Gasteiger partial charge in [-0.2, -0.15) is 16.6 Å². The van der Waals surface area contributed by atoms with E-state index in [0.717, 1.165) is 34.1 Å². The summed E-state index contributed by atoms with van der Waals surface area (Å²) >= 11 is 0. The first kappa shape index (κ1) is 69.7. The zero-order valence-corrected chi connectivity index (χ0v) is 60.7. The largest absolute Gasteiger partial charge is 2.00 e. The first-order chi connectivity index (χ1) is 45.8. The molecule has 8 aliphatic carbocycles. The van der Waals surface area contributed by atoms with Crippen LogP contribution < -0.4 is 9.97 Å². The van der Waals surface area contributed by atoms with Crippen molar-refractivity contribution in [3.63, 3.8) is 0 Å². The number of rotatable bonds is 12. The molecule has 4 aromatic rings. The number of hydrogen-bond donors (Lipinski definition) is 0. The number of allylic oxidation sites excluding steroid dienone is 4. The second-order valence-corrected chi connectivity index (χ2v) is 33.5. The summed E-state index contributed by atoms with van der Waals surface area (Å²) in [5, 5.41) is 10.9. The summed E-state index contributed by atoms with van der Waals surface area (Å²) in [4.78, 5) is 27.3. The van der Waals surface area contributed by atoms with Crippen LogP contribution in [0.15, 0.2) is 98.8 Å². The SMILES string of the molecule is CC(C)(C)c1ccc(/C(=C2/N=C(C3CCCCC3)C(C#N)=C2C2CCCCC2)c2[n-]c(C3CCCCC3)cc2C2CCCCC2)cc1.[C-]#[N+]c1c(C2CCCCC2)[n-]c(/C(=C2\N=C(C3CCCCC3)C=C2C2CCCCC2)c2ccc(C(C)(C)C)cc2)c1C1CCCCC1.[Ni+2]. The van der Waals surface area contributed by atoms with Crippen molar-refractivity contribution < 1.29 is 16.5 Å². The molecule has 4 heterocycles. The van der Waals surface area contributed by atoms with Crippen molar-refractivity contribution in [1.29, 1.82) is 5.26 Å². The van der Waals surface area contributed by atoms with E-state index in [2.05, 4.69) is 113 Å². The zero-order chi connectivity index (χ0) is 64.8. The van der Waals surface area contributed by atoms with E-state index in [0.29, 0.717) is 47.3 Å². The second-order valence-electron chi connectivity index (χ2n) is 33.5. The minimum absolute atomic E-state index is 0. The van der Waals surface area contributed by atoms with Gasteiger partial charge >= 0.3 is 16.5 Å². The smallest absolute Gasteiger partial charge is 0.671 e. The third-order valence-electron chi connectivity index (χ3n) is 25.0. The molecule has 508 valence electrons. The molecule has 0 saturated heterocycles. The Hall–Kier alpha value is -5.23. The number of benzene rings is 2. The molecule has 2 aromatic carbocycles. The molecule has 0 N–H and O–H groups in total. The maximum atomic E-state index is 10.9. The number of hydrogen-bond acceptors (Lipinski definition) is 3. The van der Waals surface area contributed by atoms with E-state index < -0.39 is 0 Å². The molecular weight excluding hydrogens is 1200 g/mol. The Labute approximate surface area is 585 Å². The molecule has 7 heteroatoms. The van der Waals surface area contributed by atoms with Crippen molar-refractivity contribution >= 4 is 28.3 Å². The molecule has 0 amide bonds. The van der Waals surface area contributed by atoms with E-state index in [-0.39, 0.29) is 27.3 Å². The fourth-order valence-electron chi connectivity index (χ4n) is 19.5. The Bertz CT molecular complexity index is 3530. The summed E-state index contributed by atoms with van der Waals surface area (Å²) in [7, 11) is 0. The van der Waals surface area contributed by atoms with Crippen molar-refractivity contribution in [2.75, 3.05) is 0 Å². The van der Waals surface area contributed by atoms with Gasteiger partial charge in [-0.05, 0) is 194 Å². The van der Waals surface area contributed by atoms with Crippen LogP contribution in [0.2, 0.25) is 0 Å². The molecule has 0 spiro atoms. The van der Waals surface area contributed by atoms with Crippen molar-refractivity contribution in [3.8, 4) is 6.07 Å². The Morgan fingerprint density at radius 2 is 0.863 bits per heavy atom. The van der Waals surface area contributed by atoms with Crippen molar-refractivity contribution in [2.24, 2.45) is 33.7 Å². The molecule has 2 aromatic heterocycles. The maximum Gasteiger partial charge on any atom is 2.00 e. The van der Waals surface area contributed by atoms with E-state index in [1.807, 2.05) is 0 Å². The summed E-state index contributed by atoms with van der Waals surface area (Å²) < 4.78 is 0. The van der Waals surface area contributed by atoms with Gasteiger partial charge in [0.05, 0.1) is 29.3 Å². The predicted molar refractivity (Wildman–Crippen MR) is 393 cm³/mol. The molecule has 0 unspecified atom stereocenters. The number of nitriles is 1. The molecule has 8 saturated carbocycles. The number of aliphatic imine (C=N–C) groups is 2. The predicted octanol–water partition coefficient (Wildman–Crippen LogP) is 25.1. The summed E-state index contributed by atoms with van der Waals surface area (Å²) in [5.74, 6) is 3.93. The average molecular weight is 1320 g/mol. The van der Waals surface area contributed by atoms with Gasteiger partial charge in [0.2, 0.25) is 0 Å². The molecule has 10 aliphatic rings. The van der Waals surface area contributed by atoms with Gasteiger partial charge in [0.25, 0.3) is 0 Å². The van der Waals surface area contributed by atoms with Crippen LogP contribution in [-0.2, 0) is 27.3 Å². The van der Waals surface area contributed by atoms with Crippen LogP contribution in [0.25, 0.3) is 16.0 Å². The van der Waals surface area contributed by atoms with Crippen LogP contribution in [0.4, 0.5) is 5.69 Å². The summed E-state index contributed by atoms with van der Waals surface area (Å²) in [5.41, 5.74) is 24.8. The molecule has 6 nitrogen and oxygen atoms in total. The van der Waals surface area contributed by atoms with Gasteiger partial charge in [0.15, 0.2) is 5.69 Å². The monoisotopic (exact) mass is 1310 g/mol. The van der Waals surface area contributed by atoms with Crippen LogP contribution in [-0.4, -0.2) is 11.4 Å². The Morgan fingerprint density at radius 3 is 1.33 bits per heavy atom. The molecule has 0 bridgehead atoms. The van der Waals surface area contributed by atoms with Crippen molar-refractivity contribution in [1.82, 2.24) is 9.97 Å². The summed E-state index contributed by atoms with van der Waals surface area (Å²) in [6, 6.07) is 24.2. The maximum absolute atomic E-state index is 10.9. The molecule has 95 heavy (non-hydrogen) atoms. The van der Waals surface area contributed by atoms with Gasteiger partial charge in [-0.25, -0.2) is 4.85 Å². The standard InChI is InChI=1S/2C44H58N3.Ni/c1-44(2,3)35-27-25-33(26-28-35)38(41-36(30-17-9-5-10-18-30)29-37(46-41)31-19-11-6-12-20-31)42-39(32-21-13-7-14-22-32)43(45-4)40(47-42)34-23-15-8-16-24-34;1-44(2,3)35-26-24-33(25-27-35)40(42-36(30-16-8-4-9-17-30)28-38(46-42)31-18-10-5-11-19-31)43-39(32-20-12-6-13-21-32)37(29-45)41(47-43)34-22-14-7-15-23-34;/h25-32,34H,5-24H2,1-3H3;24-28,30-32,34H,4-23H2,1-3H3;/q2*-1;+2/b41-38-;43-40-;. The van der Waals surface area contributed by atoms with E-state index >= 15 is 0 Å². The van der Waals surface area contributed by atoms with Gasteiger partial charge in [-0.1, -0.05) is 261 Å². The normalized spacial score (nSPS) is 23.6. The Morgan fingerprint density at radius 1 is 0.453 bits per heavy atom. The first-order valence-corrected chi connectivity index (χ1v) is 39.3. The molecule has 2 aliphatic heterocycles. The number of aromatic nitrogens is 2. The van der Waals surface area contributed by atoms with Crippen LogP contribution in [0.3, 0.4) is 0 Å². The molecule has 0 radical (unpaired) electrons. The molecule has 14 rings (SSSR count). The summed E-state index contributed by atoms with van der Waals surface area (Å²) in [6.45, 7) is 22.5. The second kappa shape index (κ2) is 31.7. The third-order valence-corrected chi connectivity index (χ3v) is 25.0. The van der Waals surface area contributed by atoms with Gasteiger partial charge in [0.1, 0.15) is 6.07 Å². The molecule has 0 atom stereocenters.